The minimum Gasteiger partial charge on any atom is -0.381 e. The summed E-state index contributed by atoms with van der Waals surface area (Å²) >= 11 is 0. The van der Waals surface area contributed by atoms with Crippen molar-refractivity contribution in [1.29, 1.82) is 0 Å². The molecule has 1 aromatic carbocycles. The number of carbonyl (C=O) groups excluding carboxylic acids is 1. The van der Waals surface area contributed by atoms with E-state index in [0.29, 0.717) is 6.54 Å². The normalized spacial score (nSPS) is 19.9. The largest absolute Gasteiger partial charge is 0.381 e. The predicted molar refractivity (Wildman–Crippen MR) is 100 cm³/mol. The zero-order valence-electron chi connectivity index (χ0n) is 15.1. The van der Waals surface area contributed by atoms with E-state index in [9.17, 15) is 4.79 Å². The van der Waals surface area contributed by atoms with Crippen molar-refractivity contribution in [2.45, 2.75) is 50.5 Å². The summed E-state index contributed by atoms with van der Waals surface area (Å²) in [5, 5.41) is 6.60. The second-order valence-corrected chi connectivity index (χ2v) is 7.12. The maximum atomic E-state index is 12.3. The first-order chi connectivity index (χ1) is 12.3. The molecule has 4 nitrogen and oxygen atoms in total. The third kappa shape index (κ3) is 5.16. The average molecular weight is 342 g/mol. The molecule has 25 heavy (non-hydrogen) atoms. The van der Waals surface area contributed by atoms with Gasteiger partial charge in [-0.3, -0.25) is 10.1 Å². The van der Waals surface area contributed by atoms with Crippen LogP contribution in [-0.2, 0) is 15.1 Å². The molecule has 0 bridgehead atoms. The fourth-order valence-corrected chi connectivity index (χ4v) is 3.85. The second kappa shape index (κ2) is 9.16. The van der Waals surface area contributed by atoms with Gasteiger partial charge in [0.05, 0.1) is 6.54 Å². The first-order valence-electron chi connectivity index (χ1n) is 9.61. The number of hydrogen-bond acceptors (Lipinski definition) is 3. The zero-order chi connectivity index (χ0) is 17.4. The molecule has 4 heteroatoms. The summed E-state index contributed by atoms with van der Waals surface area (Å²) in [6.45, 7) is 2.57. The van der Waals surface area contributed by atoms with Crippen LogP contribution in [-0.4, -0.2) is 32.2 Å². The van der Waals surface area contributed by atoms with Gasteiger partial charge >= 0.3 is 0 Å². The molecule has 0 spiro atoms. The fourth-order valence-electron chi connectivity index (χ4n) is 3.85. The molecule has 136 valence electrons. The minimum absolute atomic E-state index is 0.0817. The fraction of sp³-hybridized carbons (Fsp3) is 0.571. The molecule has 2 aliphatic rings. The van der Waals surface area contributed by atoms with Gasteiger partial charge in [-0.05, 0) is 50.5 Å². The number of hydrogen-bond donors (Lipinski definition) is 2. The van der Waals surface area contributed by atoms with E-state index in [1.165, 1.54) is 36.8 Å². The van der Waals surface area contributed by atoms with E-state index in [0.717, 1.165) is 39.0 Å². The van der Waals surface area contributed by atoms with Gasteiger partial charge in [0.25, 0.3) is 0 Å². The van der Waals surface area contributed by atoms with Gasteiger partial charge in [-0.1, -0.05) is 42.0 Å². The van der Waals surface area contributed by atoms with Crippen LogP contribution < -0.4 is 10.6 Å². The van der Waals surface area contributed by atoms with Crippen molar-refractivity contribution >= 4 is 5.91 Å². The summed E-state index contributed by atoms with van der Waals surface area (Å²) in [6.07, 6.45) is 10.1. The van der Waals surface area contributed by atoms with Gasteiger partial charge in [-0.2, -0.15) is 0 Å². The van der Waals surface area contributed by atoms with Crippen LogP contribution in [0.5, 0.6) is 0 Å². The number of benzene rings is 1. The standard InChI is InChI=1S/C21H30N2O2/c24-20(22-14-11-18-7-3-1-4-8-18)17-23-21(12-15-25-16-13-21)19-9-5-2-6-10-19/h2,5-7,9-10,23H,1,3-4,8,11-17H2,(H,22,24). The Bertz CT molecular complexity index is 577. The monoisotopic (exact) mass is 342 g/mol. The van der Waals surface area contributed by atoms with E-state index < -0.39 is 0 Å². The van der Waals surface area contributed by atoms with Crippen molar-refractivity contribution in [3.63, 3.8) is 0 Å². The molecule has 0 unspecified atom stereocenters. The maximum absolute atomic E-state index is 12.3. The first-order valence-corrected chi connectivity index (χ1v) is 9.61. The molecule has 0 aromatic heterocycles. The summed E-state index contributed by atoms with van der Waals surface area (Å²) in [5.41, 5.74) is 2.60. The van der Waals surface area contributed by atoms with Crippen molar-refractivity contribution < 1.29 is 9.53 Å². The van der Waals surface area contributed by atoms with Crippen molar-refractivity contribution in [1.82, 2.24) is 10.6 Å². The third-order valence-electron chi connectivity index (χ3n) is 5.41. The molecule has 1 fully saturated rings. The number of amides is 1. The van der Waals surface area contributed by atoms with Gasteiger partial charge in [-0.15, -0.1) is 0 Å². The SMILES string of the molecule is O=C(CNC1(c2ccccc2)CCOCC1)NCCC1=CCCCC1. The summed E-state index contributed by atoms with van der Waals surface area (Å²) < 4.78 is 5.54. The summed E-state index contributed by atoms with van der Waals surface area (Å²) in [5.74, 6) is 0.0817. The first kappa shape index (κ1) is 18.2. The lowest BCUT2D eigenvalue weighted by atomic mass is 9.82. The number of rotatable bonds is 7. The number of allylic oxidation sites excluding steroid dienone is 1. The highest BCUT2D eigenvalue weighted by Crippen LogP contribution is 2.31. The lowest BCUT2D eigenvalue weighted by molar-refractivity contribution is -0.120. The van der Waals surface area contributed by atoms with Gasteiger partial charge in [0.15, 0.2) is 0 Å². The van der Waals surface area contributed by atoms with E-state index in [4.69, 9.17) is 4.74 Å². The van der Waals surface area contributed by atoms with Crippen molar-refractivity contribution in [2.75, 3.05) is 26.3 Å². The van der Waals surface area contributed by atoms with Gasteiger partial charge in [0, 0.05) is 25.3 Å². The third-order valence-corrected chi connectivity index (χ3v) is 5.41. The van der Waals surface area contributed by atoms with Crippen LogP contribution in [0.15, 0.2) is 42.0 Å². The van der Waals surface area contributed by atoms with E-state index in [1.54, 1.807) is 0 Å². The molecule has 1 aromatic rings. The Balaban J connectivity index is 1.49. The zero-order valence-corrected chi connectivity index (χ0v) is 15.1. The predicted octanol–water partition coefficient (Wildman–Crippen LogP) is 3.29. The number of carbonyl (C=O) groups is 1. The molecule has 1 amide bonds. The topological polar surface area (TPSA) is 50.4 Å². The molecule has 1 aliphatic carbocycles. The van der Waals surface area contributed by atoms with Gasteiger partial charge < -0.3 is 10.1 Å². The van der Waals surface area contributed by atoms with Crippen LogP contribution in [0.2, 0.25) is 0 Å². The molecule has 1 heterocycles. The maximum Gasteiger partial charge on any atom is 0.233 e. The highest BCUT2D eigenvalue weighted by Gasteiger charge is 2.34. The van der Waals surface area contributed by atoms with Gasteiger partial charge in [0.1, 0.15) is 0 Å². The molecule has 2 N–H and O–H groups in total. The van der Waals surface area contributed by atoms with Crippen molar-refractivity contribution in [2.24, 2.45) is 0 Å². The van der Waals surface area contributed by atoms with E-state index >= 15 is 0 Å². The van der Waals surface area contributed by atoms with Gasteiger partial charge in [-0.25, -0.2) is 0 Å². The van der Waals surface area contributed by atoms with Crippen molar-refractivity contribution in [3.05, 3.63) is 47.5 Å². The highest BCUT2D eigenvalue weighted by molar-refractivity contribution is 5.78. The van der Waals surface area contributed by atoms with E-state index in [2.05, 4.69) is 41.0 Å². The Labute approximate surface area is 151 Å². The Morgan fingerprint density at radius 2 is 1.92 bits per heavy atom. The smallest absolute Gasteiger partial charge is 0.233 e. The Hall–Kier alpha value is -1.65. The van der Waals surface area contributed by atoms with Crippen LogP contribution in [0.1, 0.15) is 50.5 Å². The Morgan fingerprint density at radius 1 is 1.12 bits per heavy atom. The molecule has 0 atom stereocenters. The van der Waals surface area contributed by atoms with Crippen molar-refractivity contribution in [3.8, 4) is 0 Å². The van der Waals surface area contributed by atoms with Crippen LogP contribution in [0.25, 0.3) is 0 Å². The van der Waals surface area contributed by atoms with Crippen LogP contribution in [0, 0.1) is 0 Å². The lowest BCUT2D eigenvalue weighted by Gasteiger charge is -2.38. The Morgan fingerprint density at radius 3 is 2.64 bits per heavy atom. The minimum atomic E-state index is -0.150. The molecular weight excluding hydrogens is 312 g/mol. The van der Waals surface area contributed by atoms with Gasteiger partial charge in [0.2, 0.25) is 5.91 Å². The number of ether oxygens (including phenoxy) is 1. The molecule has 1 aliphatic heterocycles. The summed E-state index contributed by atoms with van der Waals surface area (Å²) in [4.78, 5) is 12.3. The molecule has 0 radical (unpaired) electrons. The second-order valence-electron chi connectivity index (χ2n) is 7.12. The van der Waals surface area contributed by atoms with E-state index in [-0.39, 0.29) is 11.4 Å². The van der Waals surface area contributed by atoms with E-state index in [1.807, 2.05) is 6.07 Å². The average Bonchev–Trinajstić information content (AvgIpc) is 2.69. The molecule has 3 rings (SSSR count). The highest BCUT2D eigenvalue weighted by atomic mass is 16.5. The molecular formula is C21H30N2O2. The van der Waals surface area contributed by atoms with Crippen LogP contribution >= 0.6 is 0 Å². The Kier molecular flexibility index (Phi) is 6.65. The number of nitrogens with one attached hydrogen (secondary N) is 2. The summed E-state index contributed by atoms with van der Waals surface area (Å²) in [6, 6.07) is 10.4. The quantitative estimate of drug-likeness (QED) is 0.748. The van der Waals surface area contributed by atoms with Crippen LogP contribution in [0.3, 0.4) is 0 Å². The molecule has 1 saturated heterocycles. The molecule has 0 saturated carbocycles. The summed E-state index contributed by atoms with van der Waals surface area (Å²) in [7, 11) is 0. The van der Waals surface area contributed by atoms with Crippen LogP contribution in [0.4, 0.5) is 0 Å². The lowest BCUT2D eigenvalue weighted by Crippen LogP contribution is -2.50.